The van der Waals surface area contributed by atoms with E-state index in [9.17, 15) is 4.79 Å². The molecule has 0 fully saturated rings. The van der Waals surface area contributed by atoms with Crippen molar-refractivity contribution < 1.29 is 13.9 Å². The van der Waals surface area contributed by atoms with Gasteiger partial charge in [0.15, 0.2) is 5.78 Å². The van der Waals surface area contributed by atoms with E-state index in [1.807, 2.05) is 43.3 Å². The second-order valence-corrected chi connectivity index (χ2v) is 9.61. The van der Waals surface area contributed by atoms with Crippen LogP contribution in [0.2, 0.25) is 0 Å². The minimum Gasteiger partial charge on any atom is -0.494 e. The lowest BCUT2D eigenvalue weighted by molar-refractivity contribution is 0.103. The van der Waals surface area contributed by atoms with Crippen LogP contribution >= 0.6 is 0 Å². The van der Waals surface area contributed by atoms with Gasteiger partial charge in [0.1, 0.15) is 17.1 Å². The van der Waals surface area contributed by atoms with Crippen molar-refractivity contribution >= 4 is 16.8 Å². The molecule has 0 amide bonds. The molecule has 0 aliphatic carbocycles. The van der Waals surface area contributed by atoms with Crippen molar-refractivity contribution in [2.45, 2.75) is 79.1 Å². The number of aryl methyl sites for hydroxylation is 2. The minimum absolute atomic E-state index is 0.0227. The van der Waals surface area contributed by atoms with Crippen molar-refractivity contribution in [3.05, 3.63) is 64.9 Å². The van der Waals surface area contributed by atoms with Crippen LogP contribution in [0.25, 0.3) is 11.0 Å². The zero-order valence-electron chi connectivity index (χ0n) is 22.2. The van der Waals surface area contributed by atoms with Crippen molar-refractivity contribution in [3.63, 3.8) is 0 Å². The third kappa shape index (κ3) is 7.70. The standard InChI is InChI=1S/C31H43NO3/c1-5-8-12-29-30(27-23-24(4)13-18-28(27)35-29)31(33)25-14-16-26(17-15-25)34-22-11-21-32(19-9-6-2)20-10-7-3/h13-18,23H,5-12,19-22H2,1-4H3. The number of rotatable bonds is 16. The second-order valence-electron chi connectivity index (χ2n) is 9.61. The molecule has 1 heterocycles. The van der Waals surface area contributed by atoms with Crippen molar-refractivity contribution in [2.75, 3.05) is 26.2 Å². The number of nitrogens with zero attached hydrogens (tertiary/aromatic N) is 1. The van der Waals surface area contributed by atoms with Crippen LogP contribution in [-0.4, -0.2) is 36.9 Å². The molecular formula is C31H43NO3. The van der Waals surface area contributed by atoms with Crippen LogP contribution in [0.5, 0.6) is 5.75 Å². The van der Waals surface area contributed by atoms with Gasteiger partial charge in [0.2, 0.25) is 0 Å². The Hall–Kier alpha value is -2.59. The predicted molar refractivity (Wildman–Crippen MR) is 146 cm³/mol. The Morgan fingerprint density at radius 1 is 0.857 bits per heavy atom. The maximum Gasteiger partial charge on any atom is 0.197 e. The van der Waals surface area contributed by atoms with E-state index in [2.05, 4.69) is 31.7 Å². The lowest BCUT2D eigenvalue weighted by atomic mass is 9.97. The summed E-state index contributed by atoms with van der Waals surface area (Å²) in [6, 6.07) is 13.7. The van der Waals surface area contributed by atoms with E-state index in [0.29, 0.717) is 17.7 Å². The molecule has 0 radical (unpaired) electrons. The fraction of sp³-hybridized carbons (Fsp3) is 0.516. The number of carbonyl (C=O) groups is 1. The van der Waals surface area contributed by atoms with E-state index >= 15 is 0 Å². The molecule has 0 atom stereocenters. The molecule has 0 aliphatic rings. The SMILES string of the molecule is CCCCc1oc2ccc(C)cc2c1C(=O)c1ccc(OCCCN(CCCC)CCCC)cc1. The highest BCUT2D eigenvalue weighted by Gasteiger charge is 2.22. The first kappa shape index (κ1) is 27.0. The summed E-state index contributed by atoms with van der Waals surface area (Å²) in [5.41, 5.74) is 3.30. The topological polar surface area (TPSA) is 42.7 Å². The first-order chi connectivity index (χ1) is 17.1. The maximum absolute atomic E-state index is 13.5. The smallest absolute Gasteiger partial charge is 0.197 e. The fourth-order valence-electron chi connectivity index (χ4n) is 4.45. The number of ether oxygens (including phenoxy) is 1. The monoisotopic (exact) mass is 477 g/mol. The molecule has 0 bridgehead atoms. The average molecular weight is 478 g/mol. The molecule has 1 aromatic heterocycles. The molecule has 2 aromatic carbocycles. The van der Waals surface area contributed by atoms with Gasteiger partial charge in [0.25, 0.3) is 0 Å². The van der Waals surface area contributed by atoms with Crippen molar-refractivity contribution in [1.29, 1.82) is 0 Å². The summed E-state index contributed by atoms with van der Waals surface area (Å²) in [5, 5.41) is 0.914. The Morgan fingerprint density at radius 3 is 2.17 bits per heavy atom. The van der Waals surface area contributed by atoms with Crippen LogP contribution in [0.1, 0.15) is 93.0 Å². The van der Waals surface area contributed by atoms with Gasteiger partial charge < -0.3 is 14.1 Å². The van der Waals surface area contributed by atoms with Gasteiger partial charge in [-0.3, -0.25) is 4.79 Å². The molecule has 4 heteroatoms. The Morgan fingerprint density at radius 2 is 1.51 bits per heavy atom. The van der Waals surface area contributed by atoms with E-state index in [4.69, 9.17) is 9.15 Å². The molecule has 3 aromatic rings. The van der Waals surface area contributed by atoms with Crippen LogP contribution in [0.4, 0.5) is 0 Å². The highest BCUT2D eigenvalue weighted by Crippen LogP contribution is 2.30. The molecule has 3 rings (SSSR count). The van der Waals surface area contributed by atoms with Crippen molar-refractivity contribution in [2.24, 2.45) is 0 Å². The number of ketones is 1. The molecule has 0 spiro atoms. The van der Waals surface area contributed by atoms with Gasteiger partial charge in [-0.05, 0) is 82.1 Å². The number of unbranched alkanes of at least 4 members (excludes halogenated alkanes) is 3. The van der Waals surface area contributed by atoms with E-state index in [1.165, 1.54) is 38.8 Å². The quantitative estimate of drug-likeness (QED) is 0.155. The molecule has 0 N–H and O–H groups in total. The van der Waals surface area contributed by atoms with E-state index in [-0.39, 0.29) is 5.78 Å². The van der Waals surface area contributed by atoms with Gasteiger partial charge in [-0.1, -0.05) is 51.7 Å². The summed E-state index contributed by atoms with van der Waals surface area (Å²) in [7, 11) is 0. The third-order valence-electron chi connectivity index (χ3n) is 6.56. The second kappa shape index (κ2) is 14.1. The summed E-state index contributed by atoms with van der Waals surface area (Å²) in [5.74, 6) is 1.64. The number of hydrogen-bond acceptors (Lipinski definition) is 4. The Balaban J connectivity index is 1.63. The molecule has 0 saturated heterocycles. The largest absolute Gasteiger partial charge is 0.494 e. The summed E-state index contributed by atoms with van der Waals surface area (Å²) in [6.07, 6.45) is 8.83. The summed E-state index contributed by atoms with van der Waals surface area (Å²) < 4.78 is 12.1. The molecule has 190 valence electrons. The number of benzene rings is 2. The van der Waals surface area contributed by atoms with E-state index < -0.39 is 0 Å². The van der Waals surface area contributed by atoms with Crippen LogP contribution < -0.4 is 4.74 Å². The highest BCUT2D eigenvalue weighted by atomic mass is 16.5. The average Bonchev–Trinajstić information content (AvgIpc) is 3.23. The van der Waals surface area contributed by atoms with Crippen molar-refractivity contribution in [3.8, 4) is 5.75 Å². The first-order valence-corrected chi connectivity index (χ1v) is 13.6. The number of furan rings is 1. The van der Waals surface area contributed by atoms with Crippen LogP contribution in [0.3, 0.4) is 0 Å². The third-order valence-corrected chi connectivity index (χ3v) is 6.56. The van der Waals surface area contributed by atoms with Gasteiger partial charge in [-0.2, -0.15) is 0 Å². The Labute approximate surface area is 211 Å². The number of hydrogen-bond donors (Lipinski definition) is 0. The summed E-state index contributed by atoms with van der Waals surface area (Å²) >= 11 is 0. The first-order valence-electron chi connectivity index (χ1n) is 13.6. The van der Waals surface area contributed by atoms with Gasteiger partial charge in [-0.15, -0.1) is 0 Å². The number of fused-ring (bicyclic) bond motifs is 1. The maximum atomic E-state index is 13.5. The van der Waals surface area contributed by atoms with Crippen LogP contribution in [-0.2, 0) is 6.42 Å². The summed E-state index contributed by atoms with van der Waals surface area (Å²) in [4.78, 5) is 16.1. The highest BCUT2D eigenvalue weighted by molar-refractivity contribution is 6.17. The number of carbonyl (C=O) groups excluding carboxylic acids is 1. The molecular weight excluding hydrogens is 434 g/mol. The molecule has 0 unspecified atom stereocenters. The Bertz CT molecular complexity index is 1040. The fourth-order valence-corrected chi connectivity index (χ4v) is 4.45. The zero-order chi connectivity index (χ0) is 25.0. The van der Waals surface area contributed by atoms with E-state index in [0.717, 1.165) is 60.3 Å². The van der Waals surface area contributed by atoms with Gasteiger partial charge in [0, 0.05) is 23.9 Å². The van der Waals surface area contributed by atoms with Crippen LogP contribution in [0, 0.1) is 6.92 Å². The molecule has 0 saturated carbocycles. The normalized spacial score (nSPS) is 11.5. The minimum atomic E-state index is 0.0227. The van der Waals surface area contributed by atoms with Gasteiger partial charge in [0.05, 0.1) is 12.2 Å². The molecule has 35 heavy (non-hydrogen) atoms. The predicted octanol–water partition coefficient (Wildman–Crippen LogP) is 7.99. The van der Waals surface area contributed by atoms with Gasteiger partial charge in [-0.25, -0.2) is 0 Å². The Kier molecular flexibility index (Phi) is 10.9. The van der Waals surface area contributed by atoms with Crippen molar-refractivity contribution in [1.82, 2.24) is 4.90 Å². The lowest BCUT2D eigenvalue weighted by Gasteiger charge is -2.21. The van der Waals surface area contributed by atoms with Crippen LogP contribution in [0.15, 0.2) is 46.9 Å². The lowest BCUT2D eigenvalue weighted by Crippen LogP contribution is -2.28. The molecule has 0 aliphatic heterocycles. The summed E-state index contributed by atoms with van der Waals surface area (Å²) in [6.45, 7) is 12.8. The zero-order valence-corrected chi connectivity index (χ0v) is 22.2. The van der Waals surface area contributed by atoms with E-state index in [1.54, 1.807) is 0 Å². The molecule has 4 nitrogen and oxygen atoms in total. The van der Waals surface area contributed by atoms with Gasteiger partial charge >= 0.3 is 0 Å².